The Morgan fingerprint density at radius 2 is 1.64 bits per heavy atom. The average Bonchev–Trinajstić information content (AvgIpc) is 3.74. The number of carbonyl (C=O) groups is 1. The zero-order chi connectivity index (χ0) is 25.2. The molecule has 1 heterocycles. The maximum atomic E-state index is 13.3. The lowest BCUT2D eigenvalue weighted by Gasteiger charge is -2.15. The van der Waals surface area contributed by atoms with Gasteiger partial charge in [0.25, 0.3) is 5.56 Å². The van der Waals surface area contributed by atoms with E-state index in [0.29, 0.717) is 34.2 Å². The number of methoxy groups -OCH3 is 3. The molecule has 1 aromatic heterocycles. The summed E-state index contributed by atoms with van der Waals surface area (Å²) < 4.78 is 17.8. The first-order valence-electron chi connectivity index (χ1n) is 11.7. The van der Waals surface area contributed by atoms with Crippen LogP contribution in [-0.4, -0.2) is 36.8 Å². The number of rotatable bonds is 8. The number of nitrogens with zero attached hydrogens (tertiary/aromatic N) is 2. The van der Waals surface area contributed by atoms with Crippen molar-refractivity contribution < 1.29 is 19.0 Å². The minimum absolute atomic E-state index is 0.0818. The largest absolute Gasteiger partial charge is 0.493 e. The maximum absolute atomic E-state index is 13.3. The zero-order valence-corrected chi connectivity index (χ0v) is 20.4. The molecule has 1 aliphatic carbocycles. The first-order valence-corrected chi connectivity index (χ1v) is 11.7. The van der Waals surface area contributed by atoms with Crippen LogP contribution >= 0.6 is 0 Å². The first-order chi connectivity index (χ1) is 17.5. The lowest BCUT2D eigenvalue weighted by Crippen LogP contribution is -2.23. The molecule has 1 saturated carbocycles. The minimum atomic E-state index is -0.194. The predicted octanol–water partition coefficient (Wildman–Crippen LogP) is 4.47. The van der Waals surface area contributed by atoms with Gasteiger partial charge in [0.1, 0.15) is 5.82 Å². The fraction of sp³-hybridized carbons (Fsp3) is 0.250. The molecule has 36 heavy (non-hydrogen) atoms. The molecule has 3 aromatic carbocycles. The molecule has 0 bridgehead atoms. The topological polar surface area (TPSA) is 91.7 Å². The summed E-state index contributed by atoms with van der Waals surface area (Å²) in [4.78, 5) is 30.9. The van der Waals surface area contributed by atoms with Gasteiger partial charge in [-0.2, -0.15) is 0 Å². The Morgan fingerprint density at radius 1 is 0.972 bits per heavy atom. The van der Waals surface area contributed by atoms with E-state index in [2.05, 4.69) is 5.32 Å². The third-order valence-corrected chi connectivity index (χ3v) is 6.24. The van der Waals surface area contributed by atoms with E-state index in [0.717, 1.165) is 35.4 Å². The van der Waals surface area contributed by atoms with Crippen molar-refractivity contribution in [1.82, 2.24) is 9.55 Å². The van der Waals surface area contributed by atoms with Crippen LogP contribution in [0.3, 0.4) is 0 Å². The Kier molecular flexibility index (Phi) is 6.33. The van der Waals surface area contributed by atoms with Crippen LogP contribution in [0.4, 0.5) is 5.69 Å². The van der Waals surface area contributed by atoms with E-state index in [1.54, 1.807) is 34.9 Å². The molecule has 1 aliphatic rings. The van der Waals surface area contributed by atoms with Crippen LogP contribution in [0.25, 0.3) is 16.6 Å². The molecule has 5 rings (SSSR count). The summed E-state index contributed by atoms with van der Waals surface area (Å²) >= 11 is 0. The van der Waals surface area contributed by atoms with Crippen LogP contribution in [0.5, 0.6) is 17.2 Å². The number of aromatic nitrogens is 2. The van der Waals surface area contributed by atoms with Gasteiger partial charge in [-0.05, 0) is 66.9 Å². The molecule has 1 amide bonds. The molecular weight excluding hydrogens is 458 g/mol. The summed E-state index contributed by atoms with van der Waals surface area (Å²) in [5, 5.41) is 3.50. The second-order valence-electron chi connectivity index (χ2n) is 8.71. The minimum Gasteiger partial charge on any atom is -0.493 e. The smallest absolute Gasteiger partial charge is 0.265 e. The van der Waals surface area contributed by atoms with E-state index in [9.17, 15) is 9.59 Å². The van der Waals surface area contributed by atoms with Crippen molar-refractivity contribution in [1.29, 1.82) is 0 Å². The Hall–Kier alpha value is -4.33. The summed E-state index contributed by atoms with van der Waals surface area (Å²) in [5.41, 5.74) is 2.72. The highest BCUT2D eigenvalue weighted by molar-refractivity contribution is 5.92. The van der Waals surface area contributed by atoms with Crippen LogP contribution in [0, 0.1) is 0 Å². The third kappa shape index (κ3) is 4.49. The van der Waals surface area contributed by atoms with Gasteiger partial charge in [-0.25, -0.2) is 4.98 Å². The van der Waals surface area contributed by atoms with Gasteiger partial charge in [0.15, 0.2) is 11.5 Å². The molecule has 1 fully saturated rings. The number of anilines is 1. The van der Waals surface area contributed by atoms with Gasteiger partial charge in [-0.3, -0.25) is 14.2 Å². The van der Waals surface area contributed by atoms with Gasteiger partial charge in [0.05, 0.1) is 44.3 Å². The molecule has 0 radical (unpaired) electrons. The van der Waals surface area contributed by atoms with E-state index in [4.69, 9.17) is 19.2 Å². The van der Waals surface area contributed by atoms with Gasteiger partial charge in [0, 0.05) is 11.6 Å². The number of fused-ring (bicyclic) bond motifs is 1. The van der Waals surface area contributed by atoms with Crippen molar-refractivity contribution in [2.24, 2.45) is 0 Å². The second-order valence-corrected chi connectivity index (χ2v) is 8.71. The van der Waals surface area contributed by atoms with Crippen molar-refractivity contribution in [3.63, 3.8) is 0 Å². The van der Waals surface area contributed by atoms with Crippen molar-refractivity contribution in [3.05, 3.63) is 82.4 Å². The zero-order valence-electron chi connectivity index (χ0n) is 20.4. The molecule has 0 aliphatic heterocycles. The van der Waals surface area contributed by atoms with Crippen LogP contribution in [0.15, 0.2) is 65.5 Å². The third-order valence-electron chi connectivity index (χ3n) is 6.24. The second kappa shape index (κ2) is 9.73. The van der Waals surface area contributed by atoms with Gasteiger partial charge >= 0.3 is 0 Å². The number of hydrogen-bond donors (Lipinski definition) is 1. The fourth-order valence-electron chi connectivity index (χ4n) is 4.34. The number of nitrogens with one attached hydrogen (secondary N) is 1. The highest BCUT2D eigenvalue weighted by atomic mass is 16.5. The highest BCUT2D eigenvalue weighted by Gasteiger charge is 2.29. The first kappa shape index (κ1) is 23.4. The Bertz CT molecular complexity index is 1460. The van der Waals surface area contributed by atoms with Crippen molar-refractivity contribution in [2.75, 3.05) is 26.6 Å². The van der Waals surface area contributed by atoms with Crippen molar-refractivity contribution in [3.8, 4) is 22.9 Å². The lowest BCUT2D eigenvalue weighted by molar-refractivity contribution is -0.115. The number of ether oxygens (including phenoxy) is 3. The van der Waals surface area contributed by atoms with Crippen molar-refractivity contribution in [2.45, 2.75) is 25.2 Å². The van der Waals surface area contributed by atoms with Gasteiger partial charge < -0.3 is 19.5 Å². The Morgan fingerprint density at radius 3 is 2.25 bits per heavy atom. The number of para-hydroxylation sites is 1. The van der Waals surface area contributed by atoms with Crippen LogP contribution in [0.1, 0.15) is 30.1 Å². The SMILES string of the molecule is COc1cc(CC(=O)Nc2ccc(-n3c(C4CC4)nc4ccccc4c3=O)cc2)cc(OC)c1OC. The van der Waals surface area contributed by atoms with Crippen molar-refractivity contribution >= 4 is 22.5 Å². The molecule has 8 nitrogen and oxygen atoms in total. The van der Waals surface area contributed by atoms with Gasteiger partial charge in [0.2, 0.25) is 11.7 Å². The summed E-state index contributed by atoms with van der Waals surface area (Å²) in [6.45, 7) is 0. The quantitative estimate of drug-likeness (QED) is 0.396. The molecular formula is C28H27N3O5. The van der Waals surface area contributed by atoms with E-state index >= 15 is 0 Å². The summed E-state index contributed by atoms with van der Waals surface area (Å²) in [7, 11) is 4.60. The number of hydrogen-bond acceptors (Lipinski definition) is 6. The van der Waals surface area contributed by atoms with E-state index in [1.165, 1.54) is 21.3 Å². The van der Waals surface area contributed by atoms with E-state index in [-0.39, 0.29) is 17.9 Å². The van der Waals surface area contributed by atoms with Gasteiger partial charge in [-0.15, -0.1) is 0 Å². The summed E-state index contributed by atoms with van der Waals surface area (Å²) in [6.07, 6.45) is 2.18. The fourth-order valence-corrected chi connectivity index (χ4v) is 4.34. The number of benzene rings is 3. The molecule has 4 aromatic rings. The lowest BCUT2D eigenvalue weighted by atomic mass is 10.1. The number of amides is 1. The van der Waals surface area contributed by atoms with Crippen LogP contribution in [-0.2, 0) is 11.2 Å². The molecule has 184 valence electrons. The molecule has 0 atom stereocenters. The van der Waals surface area contributed by atoms with Crippen LogP contribution in [0.2, 0.25) is 0 Å². The molecule has 0 spiro atoms. The Labute approximate surface area is 208 Å². The molecule has 1 N–H and O–H groups in total. The predicted molar refractivity (Wildman–Crippen MR) is 138 cm³/mol. The molecule has 8 heteroatoms. The average molecular weight is 486 g/mol. The summed E-state index contributed by atoms with van der Waals surface area (Å²) in [6, 6.07) is 18.2. The highest BCUT2D eigenvalue weighted by Crippen LogP contribution is 2.40. The summed E-state index contributed by atoms with van der Waals surface area (Å²) in [5.74, 6) is 2.34. The standard InChI is InChI=1S/C28H27N3O5/c1-34-23-14-17(15-24(35-2)26(23)36-3)16-25(32)29-19-10-12-20(13-11-19)31-27(18-8-9-18)30-22-7-5-4-6-21(22)28(31)33/h4-7,10-15,18H,8-9,16H2,1-3H3,(H,29,32). The number of carbonyl (C=O) groups excluding carboxylic acids is 1. The molecule has 0 saturated heterocycles. The van der Waals surface area contributed by atoms with Crippen LogP contribution < -0.4 is 25.1 Å². The normalized spacial score (nSPS) is 12.9. The monoisotopic (exact) mass is 485 g/mol. The molecule has 0 unspecified atom stereocenters. The maximum Gasteiger partial charge on any atom is 0.265 e. The van der Waals surface area contributed by atoms with E-state index in [1.807, 2.05) is 30.3 Å². The van der Waals surface area contributed by atoms with E-state index < -0.39 is 0 Å². The Balaban J connectivity index is 1.38. The van der Waals surface area contributed by atoms with Gasteiger partial charge in [-0.1, -0.05) is 12.1 Å².